The molecule has 5 rings (SSSR count). The van der Waals surface area contributed by atoms with Crippen LogP contribution in [0.5, 0.6) is 5.75 Å². The van der Waals surface area contributed by atoms with Crippen LogP contribution in [0.4, 0.5) is 0 Å². The van der Waals surface area contributed by atoms with E-state index in [1.807, 2.05) is 0 Å². The molecule has 0 N–H and O–H groups in total. The molecule has 130 valence electrons. The molecule has 0 unspecified atom stereocenters. The highest BCUT2D eigenvalue weighted by Crippen LogP contribution is 2.48. The zero-order valence-electron chi connectivity index (χ0n) is 15.3. The molecule has 0 spiro atoms. The summed E-state index contributed by atoms with van der Waals surface area (Å²) in [5, 5.41) is 2.57. The monoisotopic (exact) mass is 340 g/mol. The van der Waals surface area contributed by atoms with Crippen LogP contribution in [0.2, 0.25) is 0 Å². The van der Waals surface area contributed by atoms with Crippen LogP contribution in [0.15, 0.2) is 48.5 Å². The largest absolute Gasteiger partial charge is 0.488 e. The normalized spacial score (nSPS) is 14.0. The fraction of sp³-hybridized carbons (Fsp3) is 0.280. The summed E-state index contributed by atoms with van der Waals surface area (Å²) in [5.41, 5.74) is 8.52. The average Bonchev–Trinajstić information content (AvgIpc) is 3.07. The molecule has 3 aromatic carbocycles. The van der Waals surface area contributed by atoms with Gasteiger partial charge in [0.2, 0.25) is 0 Å². The quantitative estimate of drug-likeness (QED) is 0.383. The minimum absolute atomic E-state index is 0.671. The van der Waals surface area contributed by atoms with Crippen LogP contribution in [0, 0.1) is 0 Å². The molecule has 0 bridgehead atoms. The molecule has 3 aromatic rings. The summed E-state index contributed by atoms with van der Waals surface area (Å²) in [6, 6.07) is 15.8. The Morgan fingerprint density at radius 1 is 1.00 bits per heavy atom. The molecule has 0 amide bonds. The lowest BCUT2D eigenvalue weighted by Crippen LogP contribution is -2.04. The van der Waals surface area contributed by atoms with Gasteiger partial charge >= 0.3 is 0 Å². The van der Waals surface area contributed by atoms with Crippen LogP contribution in [-0.2, 0) is 12.8 Å². The zero-order valence-corrected chi connectivity index (χ0v) is 15.3. The Labute approximate surface area is 155 Å². The van der Waals surface area contributed by atoms with Crippen LogP contribution >= 0.6 is 0 Å². The number of aryl methyl sites for hydroxylation is 1. The van der Waals surface area contributed by atoms with E-state index in [9.17, 15) is 0 Å². The zero-order chi connectivity index (χ0) is 17.5. The van der Waals surface area contributed by atoms with Crippen molar-refractivity contribution in [3.8, 4) is 16.9 Å². The number of rotatable bonds is 4. The highest BCUT2D eigenvalue weighted by molar-refractivity contribution is 6.07. The van der Waals surface area contributed by atoms with Crippen molar-refractivity contribution in [2.75, 3.05) is 6.61 Å². The van der Waals surface area contributed by atoms with Crippen molar-refractivity contribution in [1.29, 1.82) is 0 Å². The molecule has 1 heterocycles. The van der Waals surface area contributed by atoms with E-state index in [2.05, 4.69) is 61.5 Å². The number of fused-ring (bicyclic) bond motifs is 8. The lowest BCUT2D eigenvalue weighted by molar-refractivity contribution is 0.362. The molecular weight excluding hydrogens is 316 g/mol. The van der Waals surface area contributed by atoms with Crippen LogP contribution < -0.4 is 4.74 Å². The van der Waals surface area contributed by atoms with Crippen molar-refractivity contribution in [3.05, 3.63) is 70.8 Å². The molecule has 1 aliphatic heterocycles. The third-order valence-corrected chi connectivity index (χ3v) is 5.80. The topological polar surface area (TPSA) is 9.23 Å². The smallest absolute Gasteiger partial charge is 0.135 e. The Morgan fingerprint density at radius 2 is 1.88 bits per heavy atom. The summed E-state index contributed by atoms with van der Waals surface area (Å²) in [6.45, 7) is 2.94. The molecule has 0 fully saturated rings. The van der Waals surface area contributed by atoms with Crippen molar-refractivity contribution < 1.29 is 4.74 Å². The van der Waals surface area contributed by atoms with Gasteiger partial charge in [0.1, 0.15) is 12.4 Å². The van der Waals surface area contributed by atoms with Gasteiger partial charge in [-0.1, -0.05) is 68.3 Å². The molecule has 2 aliphatic rings. The molecule has 0 saturated heterocycles. The van der Waals surface area contributed by atoms with Gasteiger partial charge in [0.25, 0.3) is 0 Å². The Kier molecular flexibility index (Phi) is 3.81. The van der Waals surface area contributed by atoms with Crippen molar-refractivity contribution in [3.63, 3.8) is 0 Å². The van der Waals surface area contributed by atoms with E-state index in [1.54, 1.807) is 0 Å². The molecule has 1 heteroatoms. The summed E-state index contributed by atoms with van der Waals surface area (Å²) in [4.78, 5) is 0. The first kappa shape index (κ1) is 15.7. The predicted octanol–water partition coefficient (Wildman–Crippen LogP) is 6.55. The highest BCUT2D eigenvalue weighted by atomic mass is 16.5. The number of benzene rings is 3. The minimum atomic E-state index is 0.671. The predicted molar refractivity (Wildman–Crippen MR) is 110 cm³/mol. The van der Waals surface area contributed by atoms with Gasteiger partial charge in [0, 0.05) is 10.9 Å². The van der Waals surface area contributed by atoms with Gasteiger partial charge in [0.15, 0.2) is 0 Å². The first-order chi connectivity index (χ1) is 12.9. The highest BCUT2D eigenvalue weighted by Gasteiger charge is 2.27. The van der Waals surface area contributed by atoms with E-state index in [-0.39, 0.29) is 0 Å². The van der Waals surface area contributed by atoms with Crippen molar-refractivity contribution in [2.45, 2.75) is 39.0 Å². The van der Waals surface area contributed by atoms with Crippen molar-refractivity contribution in [1.82, 2.24) is 0 Å². The molecule has 0 aromatic heterocycles. The molecule has 0 saturated carbocycles. The maximum absolute atomic E-state index is 6.06. The van der Waals surface area contributed by atoms with E-state index in [4.69, 9.17) is 4.74 Å². The Balaban J connectivity index is 1.67. The Hall–Kier alpha value is -2.54. The second-order valence-electron chi connectivity index (χ2n) is 7.48. The van der Waals surface area contributed by atoms with Crippen LogP contribution in [0.1, 0.15) is 48.4 Å². The number of hydrogen-bond donors (Lipinski definition) is 0. The molecule has 1 nitrogen and oxygen atoms in total. The molecule has 1 aliphatic carbocycles. The van der Waals surface area contributed by atoms with E-state index < -0.39 is 0 Å². The van der Waals surface area contributed by atoms with E-state index in [1.165, 1.54) is 69.8 Å². The third kappa shape index (κ3) is 2.38. The number of unbranched alkanes of at least 4 members (excludes halogenated alkanes) is 2. The maximum Gasteiger partial charge on any atom is 0.135 e. The van der Waals surface area contributed by atoms with Crippen LogP contribution in [0.3, 0.4) is 0 Å². The molecule has 0 radical (unpaired) electrons. The first-order valence-corrected chi connectivity index (χ1v) is 9.86. The lowest BCUT2D eigenvalue weighted by Gasteiger charge is -2.19. The minimum Gasteiger partial charge on any atom is -0.488 e. The van der Waals surface area contributed by atoms with E-state index >= 15 is 0 Å². The van der Waals surface area contributed by atoms with Gasteiger partial charge in [-0.05, 0) is 58.5 Å². The lowest BCUT2D eigenvalue weighted by atomic mass is 9.92. The van der Waals surface area contributed by atoms with Gasteiger partial charge in [-0.25, -0.2) is 0 Å². The molecule has 26 heavy (non-hydrogen) atoms. The van der Waals surface area contributed by atoms with Gasteiger partial charge in [-0.3, -0.25) is 0 Å². The molecular formula is C25H24O. The average molecular weight is 340 g/mol. The standard InChI is InChI=1S/C25H24O/c1-2-3-4-8-17-12-13-19-18(15-17)16-23-22-11-7-14-26-25(22)21-10-6-5-9-20(21)24(19)23/h5-7,9-13,15H,2-4,8,14,16H2,1H3. The van der Waals surface area contributed by atoms with Gasteiger partial charge in [-0.15, -0.1) is 0 Å². The van der Waals surface area contributed by atoms with Crippen molar-refractivity contribution in [2.24, 2.45) is 0 Å². The SMILES string of the molecule is CCCCCc1ccc2c(c1)Cc1c3c(c4ccccc4c1-2)OCC=C3. The van der Waals surface area contributed by atoms with Gasteiger partial charge in [0.05, 0.1) is 0 Å². The summed E-state index contributed by atoms with van der Waals surface area (Å²) in [5.74, 6) is 1.07. The first-order valence-electron chi connectivity index (χ1n) is 9.86. The van der Waals surface area contributed by atoms with E-state index in [0.717, 1.165) is 12.2 Å². The molecule has 0 atom stereocenters. The summed E-state index contributed by atoms with van der Waals surface area (Å²) in [7, 11) is 0. The second kappa shape index (κ2) is 6.32. The summed E-state index contributed by atoms with van der Waals surface area (Å²) >= 11 is 0. The van der Waals surface area contributed by atoms with Crippen LogP contribution in [0.25, 0.3) is 28.0 Å². The van der Waals surface area contributed by atoms with E-state index in [0.29, 0.717) is 6.61 Å². The Morgan fingerprint density at radius 3 is 2.77 bits per heavy atom. The second-order valence-corrected chi connectivity index (χ2v) is 7.48. The van der Waals surface area contributed by atoms with Gasteiger partial charge < -0.3 is 4.74 Å². The fourth-order valence-electron chi connectivity index (χ4n) is 4.56. The van der Waals surface area contributed by atoms with Crippen molar-refractivity contribution >= 4 is 16.8 Å². The fourth-order valence-corrected chi connectivity index (χ4v) is 4.56. The summed E-state index contributed by atoms with van der Waals surface area (Å²) in [6.07, 6.45) is 10.5. The van der Waals surface area contributed by atoms with Gasteiger partial charge in [-0.2, -0.15) is 0 Å². The number of hydrogen-bond acceptors (Lipinski definition) is 1. The van der Waals surface area contributed by atoms with Crippen LogP contribution in [-0.4, -0.2) is 6.61 Å². The maximum atomic E-state index is 6.06. The summed E-state index contributed by atoms with van der Waals surface area (Å²) < 4.78 is 6.06. The Bertz CT molecular complexity index is 1030. The third-order valence-electron chi connectivity index (χ3n) is 5.80. The number of ether oxygens (including phenoxy) is 1.